The van der Waals surface area contributed by atoms with Crippen LogP contribution in [-0.4, -0.2) is 47.1 Å². The molecule has 0 aromatic carbocycles. The maximum atomic E-state index is 12.1. The van der Waals surface area contributed by atoms with Crippen LogP contribution in [0.5, 0.6) is 0 Å². The molecule has 3 rings (SSSR count). The van der Waals surface area contributed by atoms with Crippen molar-refractivity contribution in [1.29, 1.82) is 0 Å². The molecule has 0 aromatic heterocycles. The average Bonchev–Trinajstić information content (AvgIpc) is 2.99. The Bertz CT molecular complexity index is 690. The van der Waals surface area contributed by atoms with E-state index in [1.807, 2.05) is 0 Å². The molecule has 3 aliphatic rings. The molecule has 2 saturated carbocycles. The summed E-state index contributed by atoms with van der Waals surface area (Å²) in [6.07, 6.45) is -1.19. The Morgan fingerprint density at radius 3 is 2.60 bits per heavy atom. The van der Waals surface area contributed by atoms with Gasteiger partial charge in [-0.3, -0.25) is 0 Å². The summed E-state index contributed by atoms with van der Waals surface area (Å²) in [5.74, 6) is -2.18. The van der Waals surface area contributed by atoms with E-state index >= 15 is 0 Å². The van der Waals surface area contributed by atoms with E-state index < -0.39 is 42.8 Å². The van der Waals surface area contributed by atoms with Crippen molar-refractivity contribution in [3.8, 4) is 0 Å². The van der Waals surface area contributed by atoms with Gasteiger partial charge in [-0.25, -0.2) is 9.59 Å². The molecule has 3 fully saturated rings. The lowest BCUT2D eigenvalue weighted by Crippen LogP contribution is -2.36. The summed E-state index contributed by atoms with van der Waals surface area (Å²) >= 11 is 0. The fourth-order valence-electron chi connectivity index (χ4n) is 4.16. The van der Waals surface area contributed by atoms with Crippen LogP contribution in [0.4, 0.5) is 0 Å². The number of fused-ring (bicyclic) bond motifs is 3. The minimum atomic E-state index is -0.725. The maximum Gasteiger partial charge on any atom is 0.336 e. The second kappa shape index (κ2) is 6.28. The van der Waals surface area contributed by atoms with Gasteiger partial charge in [0, 0.05) is 17.9 Å². The molecule has 1 aliphatic heterocycles. The Morgan fingerprint density at radius 2 is 1.96 bits per heavy atom. The summed E-state index contributed by atoms with van der Waals surface area (Å²) in [5, 5.41) is 19.2. The third kappa shape index (κ3) is 2.75. The number of esters is 2. The monoisotopic (exact) mass is 346 g/mol. The number of carbonyl (C=O) groups is 2. The molecule has 0 spiro atoms. The largest absolute Gasteiger partial charge is 0.458 e. The third-order valence-electron chi connectivity index (χ3n) is 5.51. The summed E-state index contributed by atoms with van der Waals surface area (Å²) in [5.41, 5.74) is 1.59. The second-order valence-electron chi connectivity index (χ2n) is 6.95. The van der Waals surface area contributed by atoms with Gasteiger partial charge in [0.15, 0.2) is 0 Å². The van der Waals surface area contributed by atoms with Gasteiger partial charge in [0.1, 0.15) is 12.2 Å². The fourth-order valence-corrected chi connectivity index (χ4v) is 4.16. The predicted octanol–water partition coefficient (Wildman–Crippen LogP) is 1.06. The van der Waals surface area contributed by atoms with Crippen LogP contribution in [0.2, 0.25) is 0 Å². The summed E-state index contributed by atoms with van der Waals surface area (Å²) in [4.78, 5) is 24.2. The summed E-state index contributed by atoms with van der Waals surface area (Å²) in [6, 6.07) is 0. The first kappa shape index (κ1) is 17.6. The highest BCUT2D eigenvalue weighted by atomic mass is 16.6. The van der Waals surface area contributed by atoms with Gasteiger partial charge < -0.3 is 19.7 Å². The van der Waals surface area contributed by atoms with Gasteiger partial charge in [-0.05, 0) is 17.9 Å². The number of hydrogen-bond donors (Lipinski definition) is 2. The SMILES string of the molecule is C=C(CO)C(=O)O[C@H]1CC(=C)[C@H]2C[C@H](O)C(=C)[C@@H]2[C@H]2OC(=O)C(=C)[C@@H]21. The smallest absolute Gasteiger partial charge is 0.336 e. The topological polar surface area (TPSA) is 93.1 Å². The highest BCUT2D eigenvalue weighted by molar-refractivity contribution is 5.92. The molecule has 6 heteroatoms. The molecule has 6 nitrogen and oxygen atoms in total. The maximum absolute atomic E-state index is 12.1. The normalized spacial score (nSPS) is 37.2. The van der Waals surface area contributed by atoms with Crippen LogP contribution in [0.3, 0.4) is 0 Å². The number of carbonyl (C=O) groups excluding carboxylic acids is 2. The lowest BCUT2D eigenvalue weighted by atomic mass is 9.81. The van der Waals surface area contributed by atoms with Crippen LogP contribution in [0.1, 0.15) is 12.8 Å². The molecule has 0 aromatic rings. The Balaban J connectivity index is 1.96. The first-order chi connectivity index (χ1) is 11.8. The van der Waals surface area contributed by atoms with Crippen LogP contribution in [0.15, 0.2) is 48.6 Å². The van der Waals surface area contributed by atoms with Gasteiger partial charge in [-0.1, -0.05) is 31.9 Å². The average molecular weight is 346 g/mol. The van der Waals surface area contributed by atoms with Gasteiger partial charge in [-0.15, -0.1) is 0 Å². The standard InChI is InChI=1S/C19H22O6/c1-8-5-14(24-18(22)9(2)7-20)16-11(4)19(23)25-17(16)15-10(3)13(21)6-12(8)15/h12-17,20-21H,1-7H2/t12-,13+,14+,15+,16-,17-/m1/s1. The molecule has 0 radical (unpaired) electrons. The van der Waals surface area contributed by atoms with Gasteiger partial charge in [-0.2, -0.15) is 0 Å². The van der Waals surface area contributed by atoms with Crippen LogP contribution < -0.4 is 0 Å². The predicted molar refractivity (Wildman–Crippen MR) is 89.1 cm³/mol. The van der Waals surface area contributed by atoms with Crippen LogP contribution in [-0.2, 0) is 19.1 Å². The summed E-state index contributed by atoms with van der Waals surface area (Å²) < 4.78 is 11.0. The lowest BCUT2D eigenvalue weighted by Gasteiger charge is -2.28. The van der Waals surface area contributed by atoms with Crippen LogP contribution in [0, 0.1) is 17.8 Å². The molecule has 2 aliphatic carbocycles. The van der Waals surface area contributed by atoms with E-state index in [0.29, 0.717) is 18.4 Å². The number of aliphatic hydroxyl groups is 2. The molecule has 0 bridgehead atoms. The number of rotatable bonds is 3. The fraction of sp³-hybridized carbons (Fsp3) is 0.474. The molecule has 2 N–H and O–H groups in total. The minimum Gasteiger partial charge on any atom is -0.458 e. The number of ether oxygens (including phenoxy) is 2. The van der Waals surface area contributed by atoms with Crippen molar-refractivity contribution in [2.45, 2.75) is 31.2 Å². The van der Waals surface area contributed by atoms with E-state index in [4.69, 9.17) is 14.6 Å². The van der Waals surface area contributed by atoms with Gasteiger partial charge in [0.2, 0.25) is 0 Å². The second-order valence-corrected chi connectivity index (χ2v) is 6.95. The highest BCUT2D eigenvalue weighted by Crippen LogP contribution is 2.52. The Kier molecular flexibility index (Phi) is 4.43. The molecule has 25 heavy (non-hydrogen) atoms. The molecule has 1 saturated heterocycles. The van der Waals surface area contributed by atoms with Crippen molar-refractivity contribution in [2.75, 3.05) is 6.61 Å². The molecule has 0 amide bonds. The van der Waals surface area contributed by atoms with Crippen molar-refractivity contribution in [3.05, 3.63) is 48.6 Å². The van der Waals surface area contributed by atoms with Crippen LogP contribution in [0.25, 0.3) is 0 Å². The Hall–Kier alpha value is -2.18. The van der Waals surface area contributed by atoms with Crippen molar-refractivity contribution in [1.82, 2.24) is 0 Å². The van der Waals surface area contributed by atoms with Crippen molar-refractivity contribution in [2.24, 2.45) is 17.8 Å². The molecule has 6 atom stereocenters. The number of hydrogen-bond acceptors (Lipinski definition) is 6. The summed E-state index contributed by atoms with van der Waals surface area (Å²) in [6.45, 7) is 14.8. The molecular weight excluding hydrogens is 324 g/mol. The van der Waals surface area contributed by atoms with Gasteiger partial charge in [0.05, 0.1) is 24.2 Å². The zero-order chi connectivity index (χ0) is 18.5. The molecule has 0 unspecified atom stereocenters. The Labute approximate surface area is 146 Å². The van der Waals surface area contributed by atoms with E-state index in [0.717, 1.165) is 5.57 Å². The molecule has 1 heterocycles. The minimum absolute atomic E-state index is 0.0673. The van der Waals surface area contributed by atoms with E-state index in [2.05, 4.69) is 26.3 Å². The van der Waals surface area contributed by atoms with Crippen molar-refractivity contribution < 1.29 is 29.3 Å². The quantitative estimate of drug-likeness (QED) is 0.451. The zero-order valence-electron chi connectivity index (χ0n) is 13.9. The Morgan fingerprint density at radius 1 is 1.28 bits per heavy atom. The molecular formula is C19H22O6. The zero-order valence-corrected chi connectivity index (χ0v) is 13.9. The highest BCUT2D eigenvalue weighted by Gasteiger charge is 2.56. The number of aliphatic hydroxyl groups excluding tert-OH is 2. The van der Waals surface area contributed by atoms with Crippen molar-refractivity contribution in [3.63, 3.8) is 0 Å². The van der Waals surface area contributed by atoms with E-state index in [-0.39, 0.29) is 23.0 Å². The van der Waals surface area contributed by atoms with Gasteiger partial charge in [0.25, 0.3) is 0 Å². The van der Waals surface area contributed by atoms with Crippen LogP contribution >= 0.6 is 0 Å². The van der Waals surface area contributed by atoms with E-state index in [9.17, 15) is 14.7 Å². The summed E-state index contributed by atoms with van der Waals surface area (Å²) in [7, 11) is 0. The van der Waals surface area contributed by atoms with E-state index in [1.54, 1.807) is 0 Å². The third-order valence-corrected chi connectivity index (χ3v) is 5.51. The first-order valence-corrected chi connectivity index (χ1v) is 8.20. The lowest BCUT2D eigenvalue weighted by molar-refractivity contribution is -0.148. The van der Waals surface area contributed by atoms with Gasteiger partial charge >= 0.3 is 11.9 Å². The van der Waals surface area contributed by atoms with E-state index in [1.165, 1.54) is 0 Å². The van der Waals surface area contributed by atoms with Crippen molar-refractivity contribution >= 4 is 11.9 Å². The first-order valence-electron chi connectivity index (χ1n) is 8.20. The molecule has 134 valence electrons.